The van der Waals surface area contributed by atoms with E-state index in [0.29, 0.717) is 0 Å². The van der Waals surface area contributed by atoms with Gasteiger partial charge in [-0.1, -0.05) is 13.3 Å². The highest BCUT2D eigenvalue weighted by atomic mass is 15.2. The van der Waals surface area contributed by atoms with Gasteiger partial charge in [-0.25, -0.2) is 0 Å². The highest BCUT2D eigenvalue weighted by molar-refractivity contribution is 4.81. The lowest BCUT2D eigenvalue weighted by Gasteiger charge is -2.40. The van der Waals surface area contributed by atoms with Crippen LogP contribution in [0.15, 0.2) is 0 Å². The van der Waals surface area contributed by atoms with E-state index in [1.54, 1.807) is 0 Å². The van der Waals surface area contributed by atoms with Crippen LogP contribution in [-0.2, 0) is 0 Å². The Morgan fingerprint density at radius 1 is 1.36 bits per heavy atom. The van der Waals surface area contributed by atoms with Crippen LogP contribution in [0.2, 0.25) is 0 Å². The van der Waals surface area contributed by atoms with Gasteiger partial charge in [0.25, 0.3) is 0 Å². The van der Waals surface area contributed by atoms with E-state index in [1.807, 2.05) is 7.05 Å². The molecule has 2 nitrogen and oxygen atoms in total. The minimum Gasteiger partial charge on any atom is -0.319 e. The van der Waals surface area contributed by atoms with Crippen LogP contribution in [0.1, 0.15) is 40.0 Å². The molecule has 2 heteroatoms. The second-order valence-electron chi connectivity index (χ2n) is 4.86. The van der Waals surface area contributed by atoms with Gasteiger partial charge in [0.05, 0.1) is 0 Å². The molecule has 0 spiro atoms. The summed E-state index contributed by atoms with van der Waals surface area (Å²) in [5.74, 6) is 0.751. The number of rotatable bonds is 4. The van der Waals surface area contributed by atoms with Crippen molar-refractivity contribution < 1.29 is 0 Å². The van der Waals surface area contributed by atoms with E-state index >= 15 is 0 Å². The molecule has 1 heterocycles. The monoisotopic (exact) mass is 198 g/mol. The SMILES string of the molecule is CNCC(C)C(C)N1CCCCC1C. The Kier molecular flexibility index (Phi) is 4.90. The van der Waals surface area contributed by atoms with E-state index < -0.39 is 0 Å². The van der Waals surface area contributed by atoms with E-state index in [2.05, 4.69) is 31.0 Å². The van der Waals surface area contributed by atoms with Crippen molar-refractivity contribution in [3.05, 3.63) is 0 Å². The molecule has 0 bridgehead atoms. The van der Waals surface area contributed by atoms with Gasteiger partial charge < -0.3 is 5.32 Å². The van der Waals surface area contributed by atoms with E-state index in [-0.39, 0.29) is 0 Å². The molecule has 1 aliphatic rings. The molecule has 14 heavy (non-hydrogen) atoms. The molecule has 1 rings (SSSR count). The molecule has 1 N–H and O–H groups in total. The minimum absolute atomic E-state index is 0.720. The van der Waals surface area contributed by atoms with Gasteiger partial charge in [-0.15, -0.1) is 0 Å². The van der Waals surface area contributed by atoms with Gasteiger partial charge in [0.1, 0.15) is 0 Å². The topological polar surface area (TPSA) is 15.3 Å². The first-order valence-electron chi connectivity index (χ1n) is 6.07. The van der Waals surface area contributed by atoms with Crippen molar-refractivity contribution in [2.75, 3.05) is 20.1 Å². The van der Waals surface area contributed by atoms with E-state index in [9.17, 15) is 0 Å². The van der Waals surface area contributed by atoms with E-state index in [4.69, 9.17) is 0 Å². The van der Waals surface area contributed by atoms with Crippen LogP contribution in [0.25, 0.3) is 0 Å². The third-order valence-corrected chi connectivity index (χ3v) is 3.73. The van der Waals surface area contributed by atoms with Gasteiger partial charge in [-0.2, -0.15) is 0 Å². The van der Waals surface area contributed by atoms with Crippen molar-refractivity contribution in [1.82, 2.24) is 10.2 Å². The number of nitrogens with one attached hydrogen (secondary N) is 1. The third-order valence-electron chi connectivity index (χ3n) is 3.73. The number of hydrogen-bond donors (Lipinski definition) is 1. The summed E-state index contributed by atoms with van der Waals surface area (Å²) in [5.41, 5.74) is 0. The standard InChI is InChI=1S/C12H26N2/c1-10(9-13-4)12(3)14-8-6-5-7-11(14)2/h10-13H,5-9H2,1-4H3. The molecule has 0 amide bonds. The fourth-order valence-corrected chi connectivity index (χ4v) is 2.54. The van der Waals surface area contributed by atoms with Crippen molar-refractivity contribution in [2.45, 2.75) is 52.1 Å². The predicted molar refractivity (Wildman–Crippen MR) is 62.6 cm³/mol. The maximum atomic E-state index is 3.28. The molecule has 0 aliphatic carbocycles. The predicted octanol–water partition coefficient (Wildman–Crippen LogP) is 2.10. The smallest absolute Gasteiger partial charge is 0.0107 e. The summed E-state index contributed by atoms with van der Waals surface area (Å²) >= 11 is 0. The third kappa shape index (κ3) is 2.96. The first-order valence-corrected chi connectivity index (χ1v) is 6.07. The Hall–Kier alpha value is -0.0800. The van der Waals surface area contributed by atoms with Crippen molar-refractivity contribution in [2.24, 2.45) is 5.92 Å². The maximum Gasteiger partial charge on any atom is 0.0107 e. The molecule has 0 aromatic carbocycles. The lowest BCUT2D eigenvalue weighted by molar-refractivity contribution is 0.0844. The van der Waals surface area contributed by atoms with E-state index in [1.165, 1.54) is 25.8 Å². The number of nitrogens with zero attached hydrogens (tertiary/aromatic N) is 1. The maximum absolute atomic E-state index is 3.28. The van der Waals surface area contributed by atoms with Crippen molar-refractivity contribution in [1.29, 1.82) is 0 Å². The van der Waals surface area contributed by atoms with Crippen molar-refractivity contribution >= 4 is 0 Å². The summed E-state index contributed by atoms with van der Waals surface area (Å²) in [6.07, 6.45) is 4.20. The molecule has 0 aromatic heterocycles. The second-order valence-corrected chi connectivity index (χ2v) is 4.86. The zero-order chi connectivity index (χ0) is 10.6. The number of hydrogen-bond acceptors (Lipinski definition) is 2. The van der Waals surface area contributed by atoms with Gasteiger partial charge in [0.2, 0.25) is 0 Å². The molecule has 1 fully saturated rings. The average Bonchev–Trinajstić information content (AvgIpc) is 2.18. The summed E-state index contributed by atoms with van der Waals surface area (Å²) in [5, 5.41) is 3.28. The van der Waals surface area contributed by atoms with Crippen molar-refractivity contribution in [3.8, 4) is 0 Å². The second kappa shape index (κ2) is 5.72. The highest BCUT2D eigenvalue weighted by Crippen LogP contribution is 2.22. The summed E-state index contributed by atoms with van der Waals surface area (Å²) in [4.78, 5) is 2.69. The summed E-state index contributed by atoms with van der Waals surface area (Å²) in [6.45, 7) is 9.54. The lowest BCUT2D eigenvalue weighted by atomic mass is 9.95. The molecule has 0 aromatic rings. The molecular weight excluding hydrogens is 172 g/mol. The van der Waals surface area contributed by atoms with Gasteiger partial charge in [-0.3, -0.25) is 4.90 Å². The highest BCUT2D eigenvalue weighted by Gasteiger charge is 2.25. The first-order chi connectivity index (χ1) is 6.66. The quantitative estimate of drug-likeness (QED) is 0.744. The van der Waals surface area contributed by atoms with Crippen LogP contribution < -0.4 is 5.32 Å². The number of piperidine rings is 1. The Bertz CT molecular complexity index is 158. The van der Waals surface area contributed by atoms with E-state index in [0.717, 1.165) is 24.5 Å². The van der Waals surface area contributed by atoms with Gasteiger partial charge >= 0.3 is 0 Å². The summed E-state index contributed by atoms with van der Waals surface area (Å²) in [6, 6.07) is 1.51. The fraction of sp³-hybridized carbons (Fsp3) is 1.00. The zero-order valence-corrected chi connectivity index (χ0v) is 10.2. The average molecular weight is 198 g/mol. The Balaban J connectivity index is 2.44. The Morgan fingerprint density at radius 2 is 2.07 bits per heavy atom. The molecule has 3 atom stereocenters. The molecule has 84 valence electrons. The molecule has 1 saturated heterocycles. The van der Waals surface area contributed by atoms with Crippen LogP contribution in [0.4, 0.5) is 0 Å². The van der Waals surface area contributed by atoms with Crippen LogP contribution in [0.3, 0.4) is 0 Å². The Labute approximate surface area is 89.1 Å². The molecule has 3 unspecified atom stereocenters. The first kappa shape index (κ1) is 12.0. The van der Waals surface area contributed by atoms with Gasteiger partial charge in [0.15, 0.2) is 0 Å². The zero-order valence-electron chi connectivity index (χ0n) is 10.2. The molecule has 0 saturated carbocycles. The lowest BCUT2D eigenvalue weighted by Crippen LogP contribution is -2.47. The minimum atomic E-state index is 0.720. The van der Waals surface area contributed by atoms with Crippen molar-refractivity contribution in [3.63, 3.8) is 0 Å². The van der Waals surface area contributed by atoms with Crippen LogP contribution in [0, 0.1) is 5.92 Å². The molecule has 1 aliphatic heterocycles. The fourth-order valence-electron chi connectivity index (χ4n) is 2.54. The normalized spacial score (nSPS) is 28.7. The summed E-state index contributed by atoms with van der Waals surface area (Å²) < 4.78 is 0. The van der Waals surface area contributed by atoms with Gasteiger partial charge in [-0.05, 0) is 52.7 Å². The van der Waals surface area contributed by atoms with Gasteiger partial charge in [0, 0.05) is 12.1 Å². The molecular formula is C12H26N2. The largest absolute Gasteiger partial charge is 0.319 e. The molecule has 0 radical (unpaired) electrons. The summed E-state index contributed by atoms with van der Waals surface area (Å²) in [7, 11) is 2.04. The Morgan fingerprint density at radius 3 is 2.64 bits per heavy atom. The van der Waals surface area contributed by atoms with Crippen LogP contribution in [0.5, 0.6) is 0 Å². The number of likely N-dealkylation sites (tertiary alicyclic amines) is 1. The van der Waals surface area contributed by atoms with Crippen LogP contribution in [-0.4, -0.2) is 37.1 Å². The van der Waals surface area contributed by atoms with Crippen LogP contribution >= 0.6 is 0 Å².